The van der Waals surface area contributed by atoms with Crippen LogP contribution in [0.1, 0.15) is 6.42 Å². The highest BCUT2D eigenvalue weighted by molar-refractivity contribution is 6.23. The van der Waals surface area contributed by atoms with Gasteiger partial charge in [-0.3, -0.25) is 14.8 Å². The Morgan fingerprint density at radius 1 is 1.13 bits per heavy atom. The van der Waals surface area contributed by atoms with Gasteiger partial charge in [-0.25, -0.2) is 9.96 Å². The number of amides is 2. The molecule has 2 aromatic rings. The lowest BCUT2D eigenvalue weighted by atomic mass is 10.2. The third kappa shape index (κ3) is 2.76. The molecular formula is C17H16N2O4. The SMILES string of the molecule is COc1cccc(N2C(=O)CC(N(O)c3ccccc3)C2=O)c1. The number of carbonyl (C=O) groups excluding carboxylic acids is 2. The molecule has 0 aromatic heterocycles. The zero-order valence-electron chi connectivity index (χ0n) is 12.5. The summed E-state index contributed by atoms with van der Waals surface area (Å²) in [4.78, 5) is 25.9. The van der Waals surface area contributed by atoms with Crippen LogP contribution >= 0.6 is 0 Å². The van der Waals surface area contributed by atoms with E-state index in [4.69, 9.17) is 4.74 Å². The maximum atomic E-state index is 12.6. The fourth-order valence-corrected chi connectivity index (χ4v) is 2.59. The lowest BCUT2D eigenvalue weighted by Crippen LogP contribution is -2.40. The summed E-state index contributed by atoms with van der Waals surface area (Å²) in [5, 5.41) is 11.1. The molecule has 1 unspecified atom stereocenters. The van der Waals surface area contributed by atoms with Crippen molar-refractivity contribution in [1.29, 1.82) is 0 Å². The molecule has 2 aromatic carbocycles. The van der Waals surface area contributed by atoms with Crippen molar-refractivity contribution in [3.63, 3.8) is 0 Å². The minimum Gasteiger partial charge on any atom is -0.497 e. The van der Waals surface area contributed by atoms with Gasteiger partial charge >= 0.3 is 0 Å². The summed E-state index contributed by atoms with van der Waals surface area (Å²) in [7, 11) is 1.51. The van der Waals surface area contributed by atoms with Gasteiger partial charge in [0, 0.05) is 6.07 Å². The standard InChI is InChI=1S/C17H16N2O4/c1-23-14-9-5-8-13(10-14)18-16(20)11-15(17(18)21)19(22)12-6-3-2-4-7-12/h2-10,15,22H,11H2,1H3. The second kappa shape index (κ2) is 6.10. The summed E-state index contributed by atoms with van der Waals surface area (Å²) in [5.41, 5.74) is 0.898. The van der Waals surface area contributed by atoms with Crippen LogP contribution in [-0.2, 0) is 9.59 Å². The van der Waals surface area contributed by atoms with E-state index in [2.05, 4.69) is 0 Å². The number of hydrogen-bond acceptors (Lipinski definition) is 5. The van der Waals surface area contributed by atoms with Gasteiger partial charge in [0.25, 0.3) is 5.91 Å². The first kappa shape index (κ1) is 15.1. The summed E-state index contributed by atoms with van der Waals surface area (Å²) in [5.74, 6) is -0.270. The maximum Gasteiger partial charge on any atom is 0.259 e. The molecule has 0 radical (unpaired) electrons. The van der Waals surface area contributed by atoms with Crippen molar-refractivity contribution < 1.29 is 19.5 Å². The molecule has 1 heterocycles. The van der Waals surface area contributed by atoms with Crippen LogP contribution in [0.3, 0.4) is 0 Å². The number of rotatable bonds is 4. The molecule has 1 N–H and O–H groups in total. The summed E-state index contributed by atoms with van der Waals surface area (Å²) >= 11 is 0. The Kier molecular flexibility index (Phi) is 3.99. The number of methoxy groups -OCH3 is 1. The summed E-state index contributed by atoms with van der Waals surface area (Å²) in [6.45, 7) is 0. The Morgan fingerprint density at radius 2 is 1.87 bits per heavy atom. The Hall–Kier alpha value is -2.86. The number of nitrogens with zero attached hydrogens (tertiary/aromatic N) is 2. The molecule has 118 valence electrons. The fourth-order valence-electron chi connectivity index (χ4n) is 2.59. The topological polar surface area (TPSA) is 70.1 Å². The lowest BCUT2D eigenvalue weighted by Gasteiger charge is -2.22. The number of hydrogen-bond donors (Lipinski definition) is 1. The van der Waals surface area contributed by atoms with Crippen LogP contribution < -0.4 is 14.7 Å². The molecule has 1 aliphatic rings. The second-order valence-corrected chi connectivity index (χ2v) is 5.17. The average molecular weight is 312 g/mol. The number of anilines is 2. The van der Waals surface area contributed by atoms with Crippen molar-refractivity contribution in [2.45, 2.75) is 12.5 Å². The van der Waals surface area contributed by atoms with E-state index in [0.29, 0.717) is 17.1 Å². The second-order valence-electron chi connectivity index (χ2n) is 5.17. The zero-order valence-corrected chi connectivity index (χ0v) is 12.5. The van der Waals surface area contributed by atoms with Crippen LogP contribution in [0.5, 0.6) is 5.75 Å². The molecule has 1 atom stereocenters. The van der Waals surface area contributed by atoms with Crippen LogP contribution in [-0.4, -0.2) is 30.2 Å². The first-order valence-corrected chi connectivity index (χ1v) is 7.16. The van der Waals surface area contributed by atoms with Gasteiger partial charge in [0.15, 0.2) is 0 Å². The Balaban J connectivity index is 1.88. The van der Waals surface area contributed by atoms with Crippen molar-refractivity contribution >= 4 is 23.2 Å². The predicted molar refractivity (Wildman–Crippen MR) is 84.6 cm³/mol. The highest BCUT2D eigenvalue weighted by Crippen LogP contribution is 2.29. The summed E-state index contributed by atoms with van der Waals surface area (Å²) in [6, 6.07) is 14.4. The van der Waals surface area contributed by atoms with Gasteiger partial charge in [0.1, 0.15) is 11.8 Å². The number of hydroxylamine groups is 1. The maximum absolute atomic E-state index is 12.6. The molecule has 0 saturated carbocycles. The van der Waals surface area contributed by atoms with E-state index in [1.807, 2.05) is 6.07 Å². The van der Waals surface area contributed by atoms with E-state index < -0.39 is 11.9 Å². The largest absolute Gasteiger partial charge is 0.497 e. The molecule has 1 fully saturated rings. The third-order valence-electron chi connectivity index (χ3n) is 3.75. The summed E-state index contributed by atoms with van der Waals surface area (Å²) < 4.78 is 5.12. The molecular weight excluding hydrogens is 296 g/mol. The normalized spacial score (nSPS) is 17.5. The fraction of sp³-hybridized carbons (Fsp3) is 0.176. The van der Waals surface area contributed by atoms with Crippen LogP contribution in [0.15, 0.2) is 54.6 Å². The van der Waals surface area contributed by atoms with Gasteiger partial charge in [-0.15, -0.1) is 0 Å². The molecule has 6 nitrogen and oxygen atoms in total. The Labute approximate surface area is 133 Å². The number of carbonyl (C=O) groups is 2. The molecule has 3 rings (SSSR count). The highest BCUT2D eigenvalue weighted by Gasteiger charge is 2.43. The number of benzene rings is 2. The molecule has 2 amide bonds. The van der Waals surface area contributed by atoms with E-state index in [-0.39, 0.29) is 12.3 Å². The zero-order chi connectivity index (χ0) is 16.4. The molecule has 6 heteroatoms. The van der Waals surface area contributed by atoms with Crippen molar-refractivity contribution in [3.05, 3.63) is 54.6 Å². The molecule has 0 spiro atoms. The van der Waals surface area contributed by atoms with Crippen LogP contribution in [0.4, 0.5) is 11.4 Å². The van der Waals surface area contributed by atoms with Crippen LogP contribution in [0, 0.1) is 0 Å². The first-order chi connectivity index (χ1) is 11.1. The Bertz CT molecular complexity index is 732. The highest BCUT2D eigenvalue weighted by atomic mass is 16.5. The number of para-hydroxylation sites is 1. The molecule has 0 aliphatic carbocycles. The van der Waals surface area contributed by atoms with E-state index in [9.17, 15) is 14.8 Å². The van der Waals surface area contributed by atoms with Gasteiger partial charge < -0.3 is 4.74 Å². The van der Waals surface area contributed by atoms with Gasteiger partial charge in [0.2, 0.25) is 5.91 Å². The van der Waals surface area contributed by atoms with E-state index in [0.717, 1.165) is 9.96 Å². The minimum atomic E-state index is -0.934. The number of imide groups is 1. The monoisotopic (exact) mass is 312 g/mol. The average Bonchev–Trinajstić information content (AvgIpc) is 2.89. The van der Waals surface area contributed by atoms with Gasteiger partial charge in [0.05, 0.1) is 24.9 Å². The molecule has 23 heavy (non-hydrogen) atoms. The third-order valence-corrected chi connectivity index (χ3v) is 3.75. The van der Waals surface area contributed by atoms with Crippen molar-refractivity contribution in [2.24, 2.45) is 0 Å². The van der Waals surface area contributed by atoms with Crippen molar-refractivity contribution in [2.75, 3.05) is 17.1 Å². The molecule has 0 bridgehead atoms. The van der Waals surface area contributed by atoms with Crippen LogP contribution in [0.2, 0.25) is 0 Å². The Morgan fingerprint density at radius 3 is 2.57 bits per heavy atom. The van der Waals surface area contributed by atoms with E-state index >= 15 is 0 Å². The summed E-state index contributed by atoms with van der Waals surface area (Å²) in [6.07, 6.45) is -0.0819. The van der Waals surface area contributed by atoms with Gasteiger partial charge in [-0.05, 0) is 24.3 Å². The minimum absolute atomic E-state index is 0.0819. The first-order valence-electron chi connectivity index (χ1n) is 7.16. The van der Waals surface area contributed by atoms with E-state index in [1.165, 1.54) is 7.11 Å². The predicted octanol–water partition coefficient (Wildman–Crippen LogP) is 2.22. The molecule has 1 aliphatic heterocycles. The molecule has 1 saturated heterocycles. The quantitative estimate of drug-likeness (QED) is 0.692. The number of ether oxygens (including phenoxy) is 1. The van der Waals surface area contributed by atoms with Gasteiger partial charge in [-0.2, -0.15) is 0 Å². The van der Waals surface area contributed by atoms with Crippen LogP contribution in [0.25, 0.3) is 0 Å². The van der Waals surface area contributed by atoms with Crippen molar-refractivity contribution in [1.82, 2.24) is 0 Å². The lowest BCUT2D eigenvalue weighted by molar-refractivity contribution is -0.121. The van der Waals surface area contributed by atoms with E-state index in [1.54, 1.807) is 48.5 Å². The van der Waals surface area contributed by atoms with Crippen molar-refractivity contribution in [3.8, 4) is 5.75 Å². The smallest absolute Gasteiger partial charge is 0.259 e. The van der Waals surface area contributed by atoms with Gasteiger partial charge in [-0.1, -0.05) is 24.3 Å².